The van der Waals surface area contributed by atoms with E-state index in [0.717, 1.165) is 35.4 Å². The van der Waals surface area contributed by atoms with Crippen molar-refractivity contribution in [3.05, 3.63) is 74.8 Å². The first-order valence-electron chi connectivity index (χ1n) is 17.3. The van der Waals surface area contributed by atoms with E-state index in [1.54, 1.807) is 14.2 Å². The van der Waals surface area contributed by atoms with E-state index in [9.17, 15) is 4.79 Å². The monoisotopic (exact) mass is 670 g/mol. The summed E-state index contributed by atoms with van der Waals surface area (Å²) in [4.78, 5) is 15.0. The third-order valence-electron chi connectivity index (χ3n) is 9.29. The maximum Gasteiger partial charge on any atom is 0.430 e. The lowest BCUT2D eigenvalue weighted by atomic mass is 9.59. The van der Waals surface area contributed by atoms with Crippen molar-refractivity contribution in [1.29, 1.82) is 0 Å². The third kappa shape index (κ3) is 9.09. The van der Waals surface area contributed by atoms with Crippen molar-refractivity contribution in [3.63, 3.8) is 0 Å². The van der Waals surface area contributed by atoms with E-state index in [-0.39, 0.29) is 19.2 Å². The Hall–Kier alpha value is -3.73. The third-order valence-corrected chi connectivity index (χ3v) is 9.29. The van der Waals surface area contributed by atoms with Crippen LogP contribution in [-0.4, -0.2) is 88.2 Å². The summed E-state index contributed by atoms with van der Waals surface area (Å²) in [6.07, 6.45) is 1.79. The molecular weight excluding hydrogens is 615 g/mol. The Morgan fingerprint density at radius 3 is 1.86 bits per heavy atom. The maximum absolute atomic E-state index is 12.7. The van der Waals surface area contributed by atoms with Gasteiger partial charge in [0.2, 0.25) is 0 Å². The van der Waals surface area contributed by atoms with Crippen molar-refractivity contribution >= 4 is 18.4 Å². The van der Waals surface area contributed by atoms with E-state index in [1.807, 2.05) is 31.2 Å². The summed E-state index contributed by atoms with van der Waals surface area (Å²) in [7, 11) is 5.45. The van der Waals surface area contributed by atoms with Crippen LogP contribution in [0.4, 0.5) is 0 Å². The molecule has 264 valence electrons. The van der Waals surface area contributed by atoms with Gasteiger partial charge in [0.05, 0.1) is 44.3 Å². The van der Waals surface area contributed by atoms with Crippen molar-refractivity contribution in [2.24, 2.45) is 7.05 Å². The van der Waals surface area contributed by atoms with Crippen LogP contribution in [0.3, 0.4) is 0 Å². The molecule has 0 bridgehead atoms. The maximum atomic E-state index is 12.7. The Morgan fingerprint density at radius 2 is 1.39 bits per heavy atom. The molecule has 1 aromatic heterocycles. The first-order chi connectivity index (χ1) is 23.5. The number of ether oxygens (including phenoxy) is 5. The molecule has 0 N–H and O–H groups in total. The predicted octanol–water partition coefficient (Wildman–Crippen LogP) is 6.36. The topological polar surface area (TPSA) is 71.4 Å². The zero-order chi connectivity index (χ0) is 36.1. The molecule has 3 rings (SSSR count). The van der Waals surface area contributed by atoms with Gasteiger partial charge in [-0.05, 0) is 94.4 Å². The zero-order valence-electron chi connectivity index (χ0n) is 31.6. The molecule has 0 amide bonds. The summed E-state index contributed by atoms with van der Waals surface area (Å²) in [5.41, 5.74) is 10.7. The number of methoxy groups -OCH3 is 2. The highest BCUT2D eigenvalue weighted by Gasteiger charge is 2.46. The molecule has 1 aliphatic rings. The van der Waals surface area contributed by atoms with Crippen LogP contribution in [0.5, 0.6) is 0 Å². The van der Waals surface area contributed by atoms with E-state index in [2.05, 4.69) is 88.4 Å². The van der Waals surface area contributed by atoms with E-state index < -0.39 is 12.4 Å². The number of rotatable bonds is 15. The van der Waals surface area contributed by atoms with Crippen molar-refractivity contribution in [2.75, 3.05) is 60.5 Å². The Balaban J connectivity index is 2.38. The summed E-state index contributed by atoms with van der Waals surface area (Å²) in [6, 6.07) is 7.78. The van der Waals surface area contributed by atoms with E-state index in [4.69, 9.17) is 23.7 Å². The molecule has 2 heterocycles. The molecule has 0 fully saturated rings. The minimum atomic E-state index is -0.470. The molecule has 0 saturated carbocycles. The van der Waals surface area contributed by atoms with Crippen LogP contribution in [0.25, 0.3) is 5.57 Å². The van der Waals surface area contributed by atoms with Crippen LogP contribution in [0.15, 0.2) is 41.1 Å². The highest BCUT2D eigenvalue weighted by atomic mass is 16.5. The zero-order valence-corrected chi connectivity index (χ0v) is 31.6. The average Bonchev–Trinajstić information content (AvgIpc) is 3.42. The minimum absolute atomic E-state index is 0.268. The van der Waals surface area contributed by atoms with Gasteiger partial charge < -0.3 is 33.1 Å². The molecule has 0 atom stereocenters. The first kappa shape index (κ1) is 39.7. The number of allylic oxidation sites excluding steroid dienone is 1. The number of esters is 1. The van der Waals surface area contributed by atoms with Gasteiger partial charge in [0.1, 0.15) is 13.2 Å². The highest BCUT2D eigenvalue weighted by Crippen LogP contribution is 2.48. The fourth-order valence-electron chi connectivity index (χ4n) is 6.92. The summed E-state index contributed by atoms with van der Waals surface area (Å²) in [5.74, 6) is 13.1. The molecular formula is C40H55BN2O6. The molecule has 2 aromatic rings. The van der Waals surface area contributed by atoms with Gasteiger partial charge in [-0.2, -0.15) is 0 Å². The van der Waals surface area contributed by atoms with Crippen LogP contribution < -0.4 is 0 Å². The number of benzene rings is 1. The van der Waals surface area contributed by atoms with Crippen molar-refractivity contribution in [1.82, 2.24) is 9.38 Å². The Kier molecular flexibility index (Phi) is 15.3. The van der Waals surface area contributed by atoms with Gasteiger partial charge in [0.15, 0.2) is 0 Å². The van der Waals surface area contributed by atoms with E-state index in [1.165, 1.54) is 28.0 Å². The number of carbonyl (C=O) groups is 1. The molecule has 1 aromatic carbocycles. The summed E-state index contributed by atoms with van der Waals surface area (Å²) in [6.45, 7) is 19.7. The second kappa shape index (κ2) is 18.9. The Morgan fingerprint density at radius 1 is 0.837 bits per heavy atom. The first-order valence-corrected chi connectivity index (χ1v) is 17.3. The minimum Gasteiger partial charge on any atom is -0.462 e. The summed E-state index contributed by atoms with van der Waals surface area (Å²) in [5, 5.41) is 0. The fourth-order valence-corrected chi connectivity index (χ4v) is 6.92. The number of hydrogen-bond donors (Lipinski definition) is 0. The van der Waals surface area contributed by atoms with Gasteiger partial charge in [0.25, 0.3) is 0 Å². The van der Waals surface area contributed by atoms with Crippen LogP contribution in [0.2, 0.25) is 0 Å². The molecule has 9 heteroatoms. The van der Waals surface area contributed by atoms with Crippen molar-refractivity contribution in [2.45, 2.75) is 73.8 Å². The molecule has 0 unspecified atom stereocenters. The lowest BCUT2D eigenvalue weighted by molar-refractivity contribution is 0.0526. The van der Waals surface area contributed by atoms with Gasteiger partial charge in [-0.25, -0.2) is 4.79 Å². The second-order valence-electron chi connectivity index (χ2n) is 12.5. The normalized spacial score (nSPS) is 14.7. The SMILES string of the molecule is CCOC(=O)c1ccc(/C(=C2\C(C)=C(CC)C(C)(C)N2B(C#CCOCCOC)C#CCOCCOC)c2c(C)c(CC)c(C)n2C)cc1. The van der Waals surface area contributed by atoms with Gasteiger partial charge >= 0.3 is 12.8 Å². The molecule has 1 aliphatic heterocycles. The number of nitrogens with zero attached hydrogens (tertiary/aromatic N) is 2. The van der Waals surface area contributed by atoms with E-state index in [0.29, 0.717) is 38.6 Å². The predicted molar refractivity (Wildman–Crippen MR) is 198 cm³/mol. The average molecular weight is 671 g/mol. The van der Waals surface area contributed by atoms with Gasteiger partial charge in [-0.1, -0.05) is 37.8 Å². The largest absolute Gasteiger partial charge is 0.462 e. The molecule has 0 saturated heterocycles. The lowest BCUT2D eigenvalue weighted by Crippen LogP contribution is -2.49. The fraction of sp³-hybridized carbons (Fsp3) is 0.525. The number of aromatic nitrogens is 1. The van der Waals surface area contributed by atoms with Gasteiger partial charge in [-0.3, -0.25) is 0 Å². The van der Waals surface area contributed by atoms with Crippen molar-refractivity contribution < 1.29 is 28.5 Å². The molecule has 0 radical (unpaired) electrons. The number of hydrogen-bond acceptors (Lipinski definition) is 7. The van der Waals surface area contributed by atoms with Crippen LogP contribution in [0.1, 0.15) is 86.4 Å². The van der Waals surface area contributed by atoms with Crippen LogP contribution >= 0.6 is 0 Å². The summed E-state index contributed by atoms with van der Waals surface area (Å²) < 4.78 is 29.3. The Bertz CT molecular complexity index is 1600. The molecule has 8 nitrogen and oxygen atoms in total. The molecule has 0 spiro atoms. The standard InChI is InChI=1S/C40H55BN2O6/c1-12-34-29(4)37(42(9)31(34)6)36(32-17-19-33(20-18-32)39(44)49-14-3)38-30(5)35(13-2)40(7,8)43(38)41(21-15-23-47-27-25-45-10)22-16-24-48-28-26-46-11/h17-20H,12-14,23-28H2,1-11H3/b38-36-. The second-order valence-corrected chi connectivity index (χ2v) is 12.5. The molecule has 0 aliphatic carbocycles. The van der Waals surface area contributed by atoms with Gasteiger partial charge in [-0.15, -0.1) is 11.6 Å². The summed E-state index contributed by atoms with van der Waals surface area (Å²) >= 11 is 0. The molecule has 49 heavy (non-hydrogen) atoms. The van der Waals surface area contributed by atoms with Gasteiger partial charge in [0, 0.05) is 43.8 Å². The quantitative estimate of drug-likeness (QED) is 0.0945. The van der Waals surface area contributed by atoms with Crippen LogP contribution in [-0.2, 0) is 37.2 Å². The van der Waals surface area contributed by atoms with E-state index >= 15 is 0 Å². The number of carbonyl (C=O) groups excluding carboxylic acids is 1. The van der Waals surface area contributed by atoms with Crippen molar-refractivity contribution in [3.8, 4) is 23.5 Å². The highest BCUT2D eigenvalue weighted by molar-refractivity contribution is 6.73. The Labute approximate surface area is 295 Å². The van der Waals surface area contributed by atoms with Crippen LogP contribution in [0, 0.1) is 37.3 Å². The lowest BCUT2D eigenvalue weighted by Gasteiger charge is -2.39. The smallest absolute Gasteiger partial charge is 0.430 e.